The van der Waals surface area contributed by atoms with E-state index in [4.69, 9.17) is 0 Å². The molecule has 18 heavy (non-hydrogen) atoms. The van der Waals surface area contributed by atoms with Gasteiger partial charge in [-0.15, -0.1) is 0 Å². The summed E-state index contributed by atoms with van der Waals surface area (Å²) in [5.74, 6) is -0.335. The van der Waals surface area contributed by atoms with Gasteiger partial charge >= 0.3 is 0 Å². The molecule has 0 aliphatic heterocycles. The first-order valence-corrected chi connectivity index (χ1v) is 6.26. The van der Waals surface area contributed by atoms with E-state index < -0.39 is 6.10 Å². The standard InChI is InChI=1S/C14H22N2O2/c1-10(2)16-14(18)13(17)11(3)15-9-12-7-5-4-6-8-12/h4-8,10-11,13,15,17H,9H2,1-3H3,(H,16,18). The third-order valence-electron chi connectivity index (χ3n) is 2.64. The number of rotatable bonds is 6. The second kappa shape index (κ2) is 7.13. The maximum Gasteiger partial charge on any atom is 0.250 e. The van der Waals surface area contributed by atoms with Crippen LogP contribution in [0, 0.1) is 0 Å². The maximum atomic E-state index is 11.6. The van der Waals surface area contributed by atoms with Gasteiger partial charge in [0, 0.05) is 18.6 Å². The zero-order chi connectivity index (χ0) is 13.5. The lowest BCUT2D eigenvalue weighted by molar-refractivity contribution is -0.131. The molecule has 0 aliphatic carbocycles. The smallest absolute Gasteiger partial charge is 0.250 e. The number of carbonyl (C=O) groups excluding carboxylic acids is 1. The van der Waals surface area contributed by atoms with Gasteiger partial charge < -0.3 is 15.7 Å². The van der Waals surface area contributed by atoms with Crippen LogP contribution in [0.5, 0.6) is 0 Å². The van der Waals surface area contributed by atoms with Crippen molar-refractivity contribution in [1.29, 1.82) is 0 Å². The van der Waals surface area contributed by atoms with Crippen LogP contribution < -0.4 is 10.6 Å². The van der Waals surface area contributed by atoms with Crippen LogP contribution in [0.3, 0.4) is 0 Å². The van der Waals surface area contributed by atoms with Crippen LogP contribution in [0.2, 0.25) is 0 Å². The largest absolute Gasteiger partial charge is 0.382 e. The number of hydrogen-bond donors (Lipinski definition) is 3. The summed E-state index contributed by atoms with van der Waals surface area (Å²) in [4.78, 5) is 11.6. The van der Waals surface area contributed by atoms with Crippen molar-refractivity contribution in [2.75, 3.05) is 0 Å². The van der Waals surface area contributed by atoms with Crippen LogP contribution in [-0.2, 0) is 11.3 Å². The van der Waals surface area contributed by atoms with Gasteiger partial charge in [0.25, 0.3) is 5.91 Å². The topological polar surface area (TPSA) is 61.4 Å². The zero-order valence-electron chi connectivity index (χ0n) is 11.2. The summed E-state index contributed by atoms with van der Waals surface area (Å²) in [5.41, 5.74) is 1.13. The number of nitrogens with one attached hydrogen (secondary N) is 2. The predicted molar refractivity (Wildman–Crippen MR) is 72.0 cm³/mol. The molecule has 0 aliphatic rings. The molecule has 0 spiro atoms. The van der Waals surface area contributed by atoms with Crippen molar-refractivity contribution < 1.29 is 9.90 Å². The summed E-state index contributed by atoms with van der Waals surface area (Å²) in [5, 5.41) is 15.7. The fraction of sp³-hybridized carbons (Fsp3) is 0.500. The van der Waals surface area contributed by atoms with Gasteiger partial charge in [0.15, 0.2) is 0 Å². The maximum absolute atomic E-state index is 11.6. The first-order chi connectivity index (χ1) is 8.50. The van der Waals surface area contributed by atoms with E-state index in [9.17, 15) is 9.90 Å². The van der Waals surface area contributed by atoms with E-state index in [0.29, 0.717) is 6.54 Å². The summed E-state index contributed by atoms with van der Waals surface area (Å²) >= 11 is 0. The van der Waals surface area contributed by atoms with Gasteiger partial charge in [-0.2, -0.15) is 0 Å². The van der Waals surface area contributed by atoms with E-state index in [1.807, 2.05) is 44.2 Å². The van der Waals surface area contributed by atoms with E-state index in [2.05, 4.69) is 10.6 Å². The van der Waals surface area contributed by atoms with Gasteiger partial charge in [0.2, 0.25) is 0 Å². The molecule has 0 heterocycles. The Kier molecular flexibility index (Phi) is 5.82. The van der Waals surface area contributed by atoms with E-state index in [1.54, 1.807) is 6.92 Å². The number of amides is 1. The third kappa shape index (κ3) is 4.85. The molecule has 2 atom stereocenters. The summed E-state index contributed by atoms with van der Waals surface area (Å²) in [6.07, 6.45) is -1.03. The average molecular weight is 250 g/mol. The average Bonchev–Trinajstić information content (AvgIpc) is 2.35. The van der Waals surface area contributed by atoms with Crippen molar-refractivity contribution >= 4 is 5.91 Å². The van der Waals surface area contributed by atoms with Gasteiger partial charge in [-0.3, -0.25) is 4.79 Å². The van der Waals surface area contributed by atoms with E-state index in [-0.39, 0.29) is 18.0 Å². The van der Waals surface area contributed by atoms with Gasteiger partial charge in [0.05, 0.1) is 0 Å². The van der Waals surface area contributed by atoms with Crippen LogP contribution in [-0.4, -0.2) is 29.2 Å². The lowest BCUT2D eigenvalue weighted by atomic mass is 10.1. The SMILES string of the molecule is CC(C)NC(=O)C(O)C(C)NCc1ccccc1. The minimum Gasteiger partial charge on any atom is -0.382 e. The molecule has 4 nitrogen and oxygen atoms in total. The first-order valence-electron chi connectivity index (χ1n) is 6.26. The quantitative estimate of drug-likeness (QED) is 0.707. The molecule has 4 heteroatoms. The first kappa shape index (κ1) is 14.7. The van der Waals surface area contributed by atoms with E-state index in [1.165, 1.54) is 0 Å². The molecule has 1 rings (SSSR count). The summed E-state index contributed by atoms with van der Waals surface area (Å²) in [7, 11) is 0. The number of benzene rings is 1. The van der Waals surface area contributed by atoms with E-state index >= 15 is 0 Å². The molecule has 0 fully saturated rings. The summed E-state index contributed by atoms with van der Waals surface area (Å²) < 4.78 is 0. The normalized spacial score (nSPS) is 14.3. The Morgan fingerprint density at radius 3 is 2.39 bits per heavy atom. The molecule has 3 N–H and O–H groups in total. The van der Waals surface area contributed by atoms with Gasteiger partial charge in [-0.1, -0.05) is 30.3 Å². The highest BCUT2D eigenvalue weighted by Gasteiger charge is 2.22. The molecule has 1 amide bonds. The summed E-state index contributed by atoms with van der Waals surface area (Å²) in [6, 6.07) is 9.63. The molecular weight excluding hydrogens is 228 g/mol. The van der Waals surface area contributed by atoms with Crippen molar-refractivity contribution in [3.8, 4) is 0 Å². The van der Waals surface area contributed by atoms with Crippen molar-refractivity contribution in [2.24, 2.45) is 0 Å². The Morgan fingerprint density at radius 2 is 1.83 bits per heavy atom. The molecule has 0 aromatic heterocycles. The number of aliphatic hydroxyl groups excluding tert-OH is 1. The number of hydrogen-bond acceptors (Lipinski definition) is 3. The van der Waals surface area contributed by atoms with Crippen LogP contribution in [0.25, 0.3) is 0 Å². The Balaban J connectivity index is 2.40. The minimum absolute atomic E-state index is 0.0356. The van der Waals surface area contributed by atoms with Gasteiger partial charge in [0.1, 0.15) is 6.10 Å². The van der Waals surface area contributed by atoms with Crippen molar-refractivity contribution in [1.82, 2.24) is 10.6 Å². The Morgan fingerprint density at radius 1 is 1.22 bits per heavy atom. The van der Waals surface area contributed by atoms with Crippen LogP contribution in [0.4, 0.5) is 0 Å². The monoisotopic (exact) mass is 250 g/mol. The van der Waals surface area contributed by atoms with Crippen molar-refractivity contribution in [3.05, 3.63) is 35.9 Å². The fourth-order valence-corrected chi connectivity index (χ4v) is 1.58. The molecule has 0 saturated carbocycles. The van der Waals surface area contributed by atoms with E-state index in [0.717, 1.165) is 5.56 Å². The van der Waals surface area contributed by atoms with Gasteiger partial charge in [-0.25, -0.2) is 0 Å². The highest BCUT2D eigenvalue weighted by atomic mass is 16.3. The number of aliphatic hydroxyl groups is 1. The fourth-order valence-electron chi connectivity index (χ4n) is 1.58. The van der Waals surface area contributed by atoms with Crippen LogP contribution in [0.1, 0.15) is 26.3 Å². The number of carbonyl (C=O) groups is 1. The molecule has 1 aromatic rings. The molecule has 100 valence electrons. The Bertz CT molecular complexity index is 365. The van der Waals surface area contributed by atoms with Crippen molar-refractivity contribution in [3.63, 3.8) is 0 Å². The second-order valence-corrected chi connectivity index (χ2v) is 4.76. The third-order valence-corrected chi connectivity index (χ3v) is 2.64. The van der Waals surface area contributed by atoms with Crippen LogP contribution >= 0.6 is 0 Å². The summed E-state index contributed by atoms with van der Waals surface area (Å²) in [6.45, 7) is 6.17. The lowest BCUT2D eigenvalue weighted by Crippen LogP contribution is -2.48. The van der Waals surface area contributed by atoms with Crippen LogP contribution in [0.15, 0.2) is 30.3 Å². The molecule has 0 radical (unpaired) electrons. The molecule has 2 unspecified atom stereocenters. The minimum atomic E-state index is -1.03. The highest BCUT2D eigenvalue weighted by molar-refractivity contribution is 5.81. The predicted octanol–water partition coefficient (Wildman–Crippen LogP) is 1.05. The second-order valence-electron chi connectivity index (χ2n) is 4.76. The molecule has 0 saturated heterocycles. The Hall–Kier alpha value is -1.39. The van der Waals surface area contributed by atoms with Gasteiger partial charge in [-0.05, 0) is 26.3 Å². The molecule has 0 bridgehead atoms. The van der Waals surface area contributed by atoms with Crippen molar-refractivity contribution in [2.45, 2.75) is 45.5 Å². The Labute approximate surface area is 108 Å². The molecule has 1 aromatic carbocycles. The lowest BCUT2D eigenvalue weighted by Gasteiger charge is -2.21. The molecular formula is C14H22N2O2. The zero-order valence-corrected chi connectivity index (χ0v) is 11.2. The highest BCUT2D eigenvalue weighted by Crippen LogP contribution is 2.00.